The Bertz CT molecular complexity index is 1350. The Hall–Kier alpha value is -4.27. The number of rotatable bonds is 8. The molecular weight excluding hydrogens is 466 g/mol. The Morgan fingerprint density at radius 1 is 1.14 bits per heavy atom. The predicted molar refractivity (Wildman–Crippen MR) is 131 cm³/mol. The van der Waals surface area contributed by atoms with Crippen LogP contribution in [0, 0.1) is 0 Å². The Kier molecular flexibility index (Phi) is 6.74. The molecule has 3 aromatic carbocycles. The first-order chi connectivity index (χ1) is 17.1. The van der Waals surface area contributed by atoms with Gasteiger partial charge in [0.1, 0.15) is 34.2 Å². The number of ketones is 1. The molecule has 0 fully saturated rings. The van der Waals surface area contributed by atoms with E-state index in [0.717, 1.165) is 10.8 Å². The molecule has 0 aliphatic carbocycles. The highest BCUT2D eigenvalue weighted by atomic mass is 16.5. The van der Waals surface area contributed by atoms with Gasteiger partial charge in [-0.05, 0) is 30.9 Å². The van der Waals surface area contributed by atoms with Gasteiger partial charge in [-0.15, -0.1) is 0 Å². The molecule has 0 spiro atoms. The van der Waals surface area contributed by atoms with Gasteiger partial charge in [0.15, 0.2) is 12.4 Å². The lowest BCUT2D eigenvalue weighted by Crippen LogP contribution is -2.36. The van der Waals surface area contributed by atoms with Crippen molar-refractivity contribution in [2.45, 2.75) is 38.3 Å². The second-order valence-electron chi connectivity index (χ2n) is 9.19. The number of phenolic OH excluding ortho intramolecular Hbond substituents is 1. The molecule has 188 valence electrons. The maximum absolute atomic E-state index is 12.8. The number of carboxylic acid groups (broad SMARTS) is 1. The zero-order valence-electron chi connectivity index (χ0n) is 20.2. The summed E-state index contributed by atoms with van der Waals surface area (Å²) in [6.45, 7) is 3.08. The molecule has 1 amide bonds. The number of aliphatic carboxylic acids is 1. The first-order valence-corrected chi connectivity index (χ1v) is 11.4. The van der Waals surface area contributed by atoms with Crippen molar-refractivity contribution in [1.29, 1.82) is 0 Å². The van der Waals surface area contributed by atoms with Crippen molar-refractivity contribution >= 4 is 28.4 Å². The van der Waals surface area contributed by atoms with Crippen LogP contribution in [0.5, 0.6) is 23.0 Å². The van der Waals surface area contributed by atoms with E-state index in [1.165, 1.54) is 12.1 Å². The molecule has 0 radical (unpaired) electrons. The van der Waals surface area contributed by atoms with E-state index in [9.17, 15) is 24.6 Å². The van der Waals surface area contributed by atoms with Gasteiger partial charge in [-0.25, -0.2) is 0 Å². The van der Waals surface area contributed by atoms with E-state index < -0.39 is 30.1 Å². The van der Waals surface area contributed by atoms with Crippen molar-refractivity contribution in [2.24, 2.45) is 0 Å². The second-order valence-corrected chi connectivity index (χ2v) is 9.19. The van der Waals surface area contributed by atoms with Crippen molar-refractivity contribution in [3.8, 4) is 23.0 Å². The van der Waals surface area contributed by atoms with Gasteiger partial charge in [-0.2, -0.15) is 0 Å². The van der Waals surface area contributed by atoms with Gasteiger partial charge in [-0.3, -0.25) is 14.4 Å². The van der Waals surface area contributed by atoms with Crippen LogP contribution in [-0.2, 0) is 9.59 Å². The summed E-state index contributed by atoms with van der Waals surface area (Å²) < 4.78 is 16.8. The summed E-state index contributed by atoms with van der Waals surface area (Å²) in [6.07, 6.45) is -0.214. The fraction of sp³-hybridized carbons (Fsp3) is 0.296. The minimum Gasteiger partial charge on any atom is -0.507 e. The van der Waals surface area contributed by atoms with Crippen LogP contribution in [0.2, 0.25) is 0 Å². The Balaban J connectivity index is 1.53. The van der Waals surface area contributed by atoms with E-state index in [1.807, 2.05) is 24.3 Å². The number of nitrogens with one attached hydrogen (secondary N) is 1. The van der Waals surface area contributed by atoms with Crippen molar-refractivity contribution in [1.82, 2.24) is 5.32 Å². The minimum absolute atomic E-state index is 0.0824. The quantitative estimate of drug-likeness (QED) is 0.429. The van der Waals surface area contributed by atoms with Crippen molar-refractivity contribution < 1.29 is 38.8 Å². The fourth-order valence-corrected chi connectivity index (χ4v) is 4.40. The van der Waals surface area contributed by atoms with Crippen molar-refractivity contribution in [2.75, 3.05) is 13.7 Å². The van der Waals surface area contributed by atoms with Crippen LogP contribution in [0.25, 0.3) is 10.8 Å². The molecule has 1 aliphatic rings. The molecular formula is C27H27NO8. The number of carbonyl (C=O) groups is 3. The summed E-state index contributed by atoms with van der Waals surface area (Å²) in [5.41, 5.74) is -0.0284. The van der Waals surface area contributed by atoms with Gasteiger partial charge in [0, 0.05) is 17.5 Å². The number of hydrogen-bond acceptors (Lipinski definition) is 7. The third-order valence-electron chi connectivity index (χ3n) is 5.90. The van der Waals surface area contributed by atoms with Crippen LogP contribution < -0.4 is 19.5 Å². The predicted octanol–water partition coefficient (Wildman–Crippen LogP) is 4.01. The van der Waals surface area contributed by atoms with Crippen LogP contribution in [0.4, 0.5) is 0 Å². The van der Waals surface area contributed by atoms with E-state index in [4.69, 9.17) is 14.2 Å². The summed E-state index contributed by atoms with van der Waals surface area (Å²) in [5, 5.41) is 24.1. The van der Waals surface area contributed by atoms with E-state index in [2.05, 4.69) is 5.32 Å². The SMILES string of the molecule is COc1ccc([C@H](CC(=O)O)NC(=O)COc2cc(O)c3c(c2)OC(C)(C)CC3=O)c2ccccc12. The number of benzene rings is 3. The lowest BCUT2D eigenvalue weighted by Gasteiger charge is -2.32. The Labute approximate surface area is 207 Å². The largest absolute Gasteiger partial charge is 0.507 e. The number of Topliss-reactive ketones (excluding diaryl/α,β-unsaturated/α-hetero) is 1. The van der Waals surface area contributed by atoms with Crippen LogP contribution in [0.3, 0.4) is 0 Å². The van der Waals surface area contributed by atoms with E-state index in [-0.39, 0.29) is 41.4 Å². The first kappa shape index (κ1) is 24.8. The number of hydrogen-bond donors (Lipinski definition) is 3. The van der Waals surface area contributed by atoms with Crippen LogP contribution in [-0.4, -0.2) is 47.2 Å². The maximum Gasteiger partial charge on any atom is 0.305 e. The lowest BCUT2D eigenvalue weighted by molar-refractivity contribution is -0.137. The summed E-state index contributed by atoms with van der Waals surface area (Å²) >= 11 is 0. The highest BCUT2D eigenvalue weighted by Crippen LogP contribution is 2.41. The molecule has 1 aliphatic heterocycles. The number of fused-ring (bicyclic) bond motifs is 2. The minimum atomic E-state index is -1.08. The highest BCUT2D eigenvalue weighted by molar-refractivity contribution is 6.03. The van der Waals surface area contributed by atoms with E-state index in [0.29, 0.717) is 11.3 Å². The number of carboxylic acids is 1. The van der Waals surface area contributed by atoms with Crippen LogP contribution in [0.1, 0.15) is 48.7 Å². The molecule has 36 heavy (non-hydrogen) atoms. The number of phenols is 1. The molecule has 3 aromatic rings. The summed E-state index contributed by atoms with van der Waals surface area (Å²) in [4.78, 5) is 36.7. The number of carbonyl (C=O) groups excluding carboxylic acids is 2. The topological polar surface area (TPSA) is 131 Å². The molecule has 3 N–H and O–H groups in total. The van der Waals surface area contributed by atoms with E-state index in [1.54, 1.807) is 33.1 Å². The zero-order valence-corrected chi connectivity index (χ0v) is 20.2. The molecule has 9 heteroatoms. The number of methoxy groups -OCH3 is 1. The molecule has 1 atom stereocenters. The van der Waals surface area contributed by atoms with Gasteiger partial charge in [0.25, 0.3) is 5.91 Å². The zero-order chi connectivity index (χ0) is 26.0. The first-order valence-electron chi connectivity index (χ1n) is 11.4. The fourth-order valence-electron chi connectivity index (χ4n) is 4.40. The number of ether oxygens (including phenoxy) is 3. The van der Waals surface area contributed by atoms with Gasteiger partial charge < -0.3 is 29.7 Å². The molecule has 0 saturated carbocycles. The molecule has 0 unspecified atom stereocenters. The molecule has 0 saturated heterocycles. The molecule has 0 aromatic heterocycles. The smallest absolute Gasteiger partial charge is 0.305 e. The standard InChI is InChI=1S/C27H27NO8/c1-27(2)13-21(30)26-20(29)10-15(11-23(26)36-27)35-14-24(31)28-19(12-25(32)33)17-8-9-22(34-3)18-7-5-4-6-16(17)18/h4-11,19,29H,12-14H2,1-3H3,(H,28,31)(H,32,33)/t19-/m0/s1. The average molecular weight is 494 g/mol. The van der Waals surface area contributed by atoms with Crippen molar-refractivity contribution in [3.63, 3.8) is 0 Å². The third kappa shape index (κ3) is 5.19. The summed E-state index contributed by atoms with van der Waals surface area (Å²) in [5.74, 6) is -1.23. The highest BCUT2D eigenvalue weighted by Gasteiger charge is 2.35. The maximum atomic E-state index is 12.8. The van der Waals surface area contributed by atoms with Crippen LogP contribution in [0.15, 0.2) is 48.5 Å². The van der Waals surface area contributed by atoms with Gasteiger partial charge >= 0.3 is 5.97 Å². The van der Waals surface area contributed by atoms with Gasteiger partial charge in [-0.1, -0.05) is 30.3 Å². The average Bonchev–Trinajstić information content (AvgIpc) is 2.80. The summed E-state index contributed by atoms with van der Waals surface area (Å²) in [7, 11) is 1.55. The third-order valence-corrected chi connectivity index (χ3v) is 5.90. The Morgan fingerprint density at radius 3 is 2.56 bits per heavy atom. The molecule has 4 rings (SSSR count). The monoisotopic (exact) mass is 493 g/mol. The second kappa shape index (κ2) is 9.77. The normalized spacial score (nSPS) is 14.9. The molecule has 0 bridgehead atoms. The molecule has 1 heterocycles. The number of aromatic hydroxyl groups is 1. The van der Waals surface area contributed by atoms with Crippen LogP contribution >= 0.6 is 0 Å². The Morgan fingerprint density at radius 2 is 1.86 bits per heavy atom. The summed E-state index contributed by atoms with van der Waals surface area (Å²) in [6, 6.07) is 12.7. The van der Waals surface area contributed by atoms with Gasteiger partial charge in [0.05, 0.1) is 26.0 Å². The number of amides is 1. The van der Waals surface area contributed by atoms with Crippen molar-refractivity contribution in [3.05, 3.63) is 59.7 Å². The van der Waals surface area contributed by atoms with E-state index >= 15 is 0 Å². The lowest BCUT2D eigenvalue weighted by atomic mass is 9.92. The van der Waals surface area contributed by atoms with Gasteiger partial charge in [0.2, 0.25) is 0 Å². The molecule has 9 nitrogen and oxygen atoms in total.